The number of aliphatic hydroxyl groups is 1. The van der Waals surface area contributed by atoms with Crippen LogP contribution < -0.4 is 21.1 Å². The summed E-state index contributed by atoms with van der Waals surface area (Å²) in [5.74, 6) is -0.535. The molecular formula is C30H27FN6O3S. The molecule has 208 valence electrons. The number of H-pyrrole nitrogens is 1. The second-order valence-electron chi connectivity index (χ2n) is 10.3. The molecule has 11 heteroatoms. The lowest BCUT2D eigenvalue weighted by Crippen LogP contribution is -2.42. The number of carbonyl (C=O) groups is 1. The summed E-state index contributed by atoms with van der Waals surface area (Å²) in [6.45, 7) is 3.32. The van der Waals surface area contributed by atoms with Crippen molar-refractivity contribution in [1.82, 2.24) is 15.2 Å². The predicted octanol–water partition coefficient (Wildman–Crippen LogP) is 5.53. The monoisotopic (exact) mass is 570 g/mol. The minimum Gasteiger partial charge on any atom is -0.390 e. The average Bonchev–Trinajstić information content (AvgIpc) is 3.41. The van der Waals surface area contributed by atoms with E-state index in [9.17, 15) is 19.1 Å². The number of nitrogens with zero attached hydrogens (tertiary/aromatic N) is 3. The van der Waals surface area contributed by atoms with Crippen molar-refractivity contribution in [2.24, 2.45) is 0 Å². The van der Waals surface area contributed by atoms with Gasteiger partial charge in [0.1, 0.15) is 17.3 Å². The number of nitrogens with one attached hydrogen (secondary N) is 3. The molecule has 1 amide bonds. The summed E-state index contributed by atoms with van der Waals surface area (Å²) in [7, 11) is 0. The molecule has 0 saturated carbocycles. The zero-order valence-electron chi connectivity index (χ0n) is 22.1. The second kappa shape index (κ2) is 10.8. The first-order chi connectivity index (χ1) is 19.7. The summed E-state index contributed by atoms with van der Waals surface area (Å²) < 4.78 is 15.6. The highest BCUT2D eigenvalue weighted by molar-refractivity contribution is 7.20. The maximum atomic E-state index is 14.7. The zero-order chi connectivity index (χ0) is 28.6. The van der Waals surface area contributed by atoms with Crippen LogP contribution >= 0.6 is 11.3 Å². The Morgan fingerprint density at radius 1 is 1.07 bits per heavy atom. The molecule has 2 aromatic carbocycles. The molecule has 0 radical (unpaired) electrons. The molecule has 4 heterocycles. The van der Waals surface area contributed by atoms with Crippen LogP contribution in [0.4, 0.5) is 27.3 Å². The molecule has 1 saturated heterocycles. The standard InChI is InChI=1S/C30H27FN6O3S/c1-30(40)10-12-37(13-11-30)20-7-9-27(32-17-20)33-24-16-22(35-36-28(24)38)18-6-8-21(31)23(14-18)34-29(39)26-15-19-4-2-3-5-25(19)41-26/h2-9,14-17,40H,10-13H2,1H3,(H,34,39)(H,36,38)(H,32,33,35). The summed E-state index contributed by atoms with van der Waals surface area (Å²) in [5.41, 5.74) is 0.948. The quantitative estimate of drug-likeness (QED) is 0.212. The van der Waals surface area contributed by atoms with Crippen LogP contribution in [-0.4, -0.2) is 44.9 Å². The van der Waals surface area contributed by atoms with Gasteiger partial charge in [-0.3, -0.25) is 9.59 Å². The van der Waals surface area contributed by atoms with Crippen LogP contribution in [0, 0.1) is 5.82 Å². The third-order valence-corrected chi connectivity index (χ3v) is 8.29. The third kappa shape index (κ3) is 5.81. The van der Waals surface area contributed by atoms with Gasteiger partial charge in [0.25, 0.3) is 11.5 Å². The minimum absolute atomic E-state index is 0.00365. The number of carbonyl (C=O) groups excluding carboxylic acids is 1. The number of thiophene rings is 1. The van der Waals surface area contributed by atoms with Crippen LogP contribution in [0.5, 0.6) is 0 Å². The summed E-state index contributed by atoms with van der Waals surface area (Å²) in [6, 6.07) is 18.9. The normalized spacial score (nSPS) is 14.7. The SMILES string of the molecule is CC1(O)CCN(c2ccc(Nc3cc(-c4ccc(F)c(NC(=O)c5cc6ccccc6s5)c4)n[nH]c3=O)nc2)CC1. The highest BCUT2D eigenvalue weighted by Gasteiger charge is 2.27. The Bertz CT molecular complexity index is 1760. The Labute approximate surface area is 238 Å². The van der Waals surface area contributed by atoms with Gasteiger partial charge in [-0.25, -0.2) is 14.5 Å². The van der Waals surface area contributed by atoms with E-state index in [1.165, 1.54) is 29.5 Å². The van der Waals surface area contributed by atoms with Crippen LogP contribution in [0.15, 0.2) is 77.7 Å². The molecule has 41 heavy (non-hydrogen) atoms. The number of hydrogen-bond donors (Lipinski definition) is 4. The molecule has 6 rings (SSSR count). The van der Waals surface area contributed by atoms with Gasteiger partial charge in [-0.15, -0.1) is 11.3 Å². The van der Waals surface area contributed by atoms with Crippen LogP contribution in [0.2, 0.25) is 0 Å². The first-order valence-corrected chi connectivity index (χ1v) is 14.0. The number of pyridine rings is 1. The van der Waals surface area contributed by atoms with E-state index in [1.807, 2.05) is 37.3 Å². The number of hydrogen-bond acceptors (Lipinski definition) is 8. The number of piperidine rings is 1. The Hall–Kier alpha value is -4.61. The molecule has 3 aromatic heterocycles. The number of halogens is 1. The van der Waals surface area contributed by atoms with Crippen molar-refractivity contribution in [2.75, 3.05) is 28.6 Å². The first kappa shape index (κ1) is 26.6. The number of rotatable bonds is 6. The molecule has 1 fully saturated rings. The van der Waals surface area contributed by atoms with Crippen LogP contribution in [-0.2, 0) is 0 Å². The van der Waals surface area contributed by atoms with E-state index in [4.69, 9.17) is 0 Å². The number of aromatic amines is 1. The number of fused-ring (bicyclic) bond motifs is 1. The second-order valence-corrected chi connectivity index (χ2v) is 11.4. The number of benzene rings is 2. The lowest BCUT2D eigenvalue weighted by Gasteiger charge is -2.36. The Morgan fingerprint density at radius 3 is 2.63 bits per heavy atom. The van der Waals surface area contributed by atoms with Gasteiger partial charge in [0.05, 0.1) is 33.7 Å². The smallest absolute Gasteiger partial charge is 0.287 e. The fourth-order valence-corrected chi connectivity index (χ4v) is 5.69. The molecular weight excluding hydrogens is 543 g/mol. The summed E-state index contributed by atoms with van der Waals surface area (Å²) in [6.07, 6.45) is 3.09. The number of aromatic nitrogens is 3. The lowest BCUT2D eigenvalue weighted by atomic mass is 9.94. The third-order valence-electron chi connectivity index (χ3n) is 7.18. The summed E-state index contributed by atoms with van der Waals surface area (Å²) in [4.78, 5) is 32.5. The van der Waals surface area contributed by atoms with E-state index in [0.29, 0.717) is 34.8 Å². The van der Waals surface area contributed by atoms with E-state index >= 15 is 0 Å². The fourth-order valence-electron chi connectivity index (χ4n) is 4.74. The van der Waals surface area contributed by atoms with Gasteiger partial charge in [-0.1, -0.05) is 18.2 Å². The molecule has 9 nitrogen and oxygen atoms in total. The maximum absolute atomic E-state index is 14.7. The lowest BCUT2D eigenvalue weighted by molar-refractivity contribution is 0.0351. The van der Waals surface area contributed by atoms with Crippen LogP contribution in [0.3, 0.4) is 0 Å². The summed E-state index contributed by atoms with van der Waals surface area (Å²) >= 11 is 1.33. The first-order valence-electron chi connectivity index (χ1n) is 13.1. The molecule has 0 bridgehead atoms. The molecule has 1 aliphatic heterocycles. The fraction of sp³-hybridized carbons (Fsp3) is 0.200. The molecule has 1 aliphatic rings. The minimum atomic E-state index is -0.637. The van der Waals surface area contributed by atoms with Gasteiger partial charge in [-0.2, -0.15) is 5.10 Å². The maximum Gasteiger partial charge on any atom is 0.287 e. The highest BCUT2D eigenvalue weighted by Crippen LogP contribution is 2.29. The zero-order valence-corrected chi connectivity index (χ0v) is 23.0. The van der Waals surface area contributed by atoms with Crippen molar-refractivity contribution in [3.8, 4) is 11.3 Å². The average molecular weight is 571 g/mol. The molecule has 0 aliphatic carbocycles. The van der Waals surface area contributed by atoms with Crippen molar-refractivity contribution in [3.63, 3.8) is 0 Å². The molecule has 5 aromatic rings. The van der Waals surface area contributed by atoms with Crippen molar-refractivity contribution in [1.29, 1.82) is 0 Å². The van der Waals surface area contributed by atoms with Gasteiger partial charge in [-0.05, 0) is 73.7 Å². The largest absolute Gasteiger partial charge is 0.390 e. The highest BCUT2D eigenvalue weighted by atomic mass is 32.1. The number of anilines is 4. The van der Waals surface area contributed by atoms with Gasteiger partial charge >= 0.3 is 0 Å². The van der Waals surface area contributed by atoms with Crippen molar-refractivity contribution < 1.29 is 14.3 Å². The Kier molecular flexibility index (Phi) is 6.98. The van der Waals surface area contributed by atoms with Gasteiger partial charge in [0, 0.05) is 23.4 Å². The molecule has 4 N–H and O–H groups in total. The van der Waals surface area contributed by atoms with E-state index < -0.39 is 22.9 Å². The molecule has 0 spiro atoms. The van der Waals surface area contributed by atoms with Gasteiger partial charge < -0.3 is 20.6 Å². The van der Waals surface area contributed by atoms with E-state index in [2.05, 4.69) is 30.7 Å². The molecule has 0 atom stereocenters. The van der Waals surface area contributed by atoms with E-state index in [0.717, 1.165) is 28.9 Å². The van der Waals surface area contributed by atoms with E-state index in [1.54, 1.807) is 24.4 Å². The van der Waals surface area contributed by atoms with Crippen LogP contribution in [0.25, 0.3) is 21.3 Å². The Morgan fingerprint density at radius 2 is 1.88 bits per heavy atom. The topological polar surface area (TPSA) is 123 Å². The number of amides is 1. The van der Waals surface area contributed by atoms with Gasteiger partial charge in [0.2, 0.25) is 0 Å². The van der Waals surface area contributed by atoms with E-state index in [-0.39, 0.29) is 11.4 Å². The predicted molar refractivity (Wildman–Crippen MR) is 160 cm³/mol. The van der Waals surface area contributed by atoms with Gasteiger partial charge in [0.15, 0.2) is 0 Å². The Balaban J connectivity index is 1.19. The van der Waals surface area contributed by atoms with Crippen molar-refractivity contribution in [2.45, 2.75) is 25.4 Å². The van der Waals surface area contributed by atoms with Crippen LogP contribution in [0.1, 0.15) is 29.4 Å². The summed E-state index contributed by atoms with van der Waals surface area (Å²) in [5, 5.41) is 23.4. The molecule has 0 unspecified atom stereocenters. The van der Waals surface area contributed by atoms with Crippen molar-refractivity contribution >= 4 is 50.2 Å². The van der Waals surface area contributed by atoms with Crippen molar-refractivity contribution in [3.05, 3.63) is 94.0 Å².